The predicted molar refractivity (Wildman–Crippen MR) is 68.5 cm³/mol. The van der Waals surface area contributed by atoms with Crippen LogP contribution >= 0.6 is 0 Å². The minimum absolute atomic E-state index is 0.0178. The number of aromatic nitrogens is 1. The van der Waals surface area contributed by atoms with Crippen LogP contribution in [0.2, 0.25) is 0 Å². The summed E-state index contributed by atoms with van der Waals surface area (Å²) in [6.45, 7) is 0.0993. The first kappa shape index (κ1) is 11.0. The van der Waals surface area contributed by atoms with E-state index in [9.17, 15) is 10.0 Å². The SMILES string of the molecule is O=C1C(c2ccccn2)=[N+]([O-])c2cc3c(cc21)OCO3. The van der Waals surface area contributed by atoms with Crippen molar-refractivity contribution in [3.63, 3.8) is 0 Å². The third-order valence-corrected chi connectivity index (χ3v) is 3.28. The van der Waals surface area contributed by atoms with Crippen molar-refractivity contribution >= 4 is 17.2 Å². The lowest BCUT2D eigenvalue weighted by molar-refractivity contribution is -0.355. The van der Waals surface area contributed by atoms with Crippen molar-refractivity contribution in [2.45, 2.75) is 0 Å². The second-order valence-corrected chi connectivity index (χ2v) is 4.41. The minimum Gasteiger partial charge on any atom is -0.618 e. The highest BCUT2D eigenvalue weighted by molar-refractivity contribution is 6.51. The van der Waals surface area contributed by atoms with Crippen molar-refractivity contribution in [3.05, 3.63) is 53.0 Å². The number of carbonyl (C=O) groups is 1. The van der Waals surface area contributed by atoms with Gasteiger partial charge in [-0.25, -0.2) is 4.98 Å². The monoisotopic (exact) mass is 268 g/mol. The van der Waals surface area contributed by atoms with E-state index >= 15 is 0 Å². The number of fused-ring (bicyclic) bond motifs is 2. The lowest BCUT2D eigenvalue weighted by Crippen LogP contribution is -2.17. The molecule has 0 atom stereocenters. The maximum Gasteiger partial charge on any atom is 0.291 e. The van der Waals surface area contributed by atoms with Gasteiger partial charge in [-0.3, -0.25) is 4.79 Å². The normalized spacial score (nSPS) is 15.7. The fourth-order valence-corrected chi connectivity index (χ4v) is 2.34. The lowest BCUT2D eigenvalue weighted by Gasteiger charge is -2.02. The van der Waals surface area contributed by atoms with Gasteiger partial charge in [-0.15, -0.1) is 0 Å². The summed E-state index contributed by atoms with van der Waals surface area (Å²) >= 11 is 0. The van der Waals surface area contributed by atoms with Gasteiger partial charge in [0.1, 0.15) is 11.3 Å². The molecule has 1 aromatic heterocycles. The van der Waals surface area contributed by atoms with Gasteiger partial charge in [0.15, 0.2) is 11.5 Å². The van der Waals surface area contributed by atoms with Crippen molar-refractivity contribution in [2.24, 2.45) is 0 Å². The van der Waals surface area contributed by atoms with Crippen molar-refractivity contribution in [3.8, 4) is 11.5 Å². The van der Waals surface area contributed by atoms with Gasteiger partial charge in [0.05, 0.1) is 6.07 Å². The minimum atomic E-state index is -0.355. The molecule has 2 aliphatic rings. The molecule has 6 nitrogen and oxygen atoms in total. The Morgan fingerprint density at radius 3 is 2.75 bits per heavy atom. The number of carbonyl (C=O) groups excluding carboxylic acids is 1. The highest BCUT2D eigenvalue weighted by Gasteiger charge is 2.39. The van der Waals surface area contributed by atoms with Crippen LogP contribution in [0.1, 0.15) is 16.1 Å². The molecule has 0 amide bonds. The molecular weight excluding hydrogens is 260 g/mol. The van der Waals surface area contributed by atoms with E-state index < -0.39 is 0 Å². The Kier molecular flexibility index (Phi) is 2.09. The van der Waals surface area contributed by atoms with Crippen LogP contribution in [-0.2, 0) is 0 Å². The Morgan fingerprint density at radius 1 is 1.20 bits per heavy atom. The van der Waals surface area contributed by atoms with Gasteiger partial charge in [-0.2, -0.15) is 4.74 Å². The molecule has 0 saturated carbocycles. The quantitative estimate of drug-likeness (QED) is 0.580. The van der Waals surface area contributed by atoms with E-state index in [0.29, 0.717) is 27.5 Å². The smallest absolute Gasteiger partial charge is 0.291 e. The number of ketones is 1. The molecule has 0 fully saturated rings. The average Bonchev–Trinajstić information content (AvgIpc) is 3.02. The molecule has 4 rings (SSSR count). The molecule has 6 heteroatoms. The first-order valence-corrected chi connectivity index (χ1v) is 5.99. The maximum absolute atomic E-state index is 12.4. The van der Waals surface area contributed by atoms with E-state index in [-0.39, 0.29) is 24.0 Å². The van der Waals surface area contributed by atoms with Gasteiger partial charge in [0.25, 0.3) is 11.5 Å². The zero-order valence-electron chi connectivity index (χ0n) is 10.2. The van der Waals surface area contributed by atoms with E-state index in [1.165, 1.54) is 6.07 Å². The van der Waals surface area contributed by atoms with Crippen LogP contribution in [0.25, 0.3) is 0 Å². The average molecular weight is 268 g/mol. The predicted octanol–water partition coefficient (Wildman–Crippen LogP) is 1.64. The summed E-state index contributed by atoms with van der Waals surface area (Å²) in [5.41, 5.74) is 0.944. The second kappa shape index (κ2) is 3.80. The van der Waals surface area contributed by atoms with Crippen LogP contribution < -0.4 is 9.47 Å². The Bertz CT molecular complexity index is 768. The van der Waals surface area contributed by atoms with Crippen molar-refractivity contribution in [1.29, 1.82) is 0 Å². The maximum atomic E-state index is 12.4. The van der Waals surface area contributed by atoms with Crippen LogP contribution in [0, 0.1) is 5.21 Å². The van der Waals surface area contributed by atoms with E-state index in [1.807, 2.05) is 0 Å². The van der Waals surface area contributed by atoms with Crippen LogP contribution in [0.15, 0.2) is 36.5 Å². The molecule has 2 aromatic rings. The Balaban J connectivity index is 1.92. The number of nitrogens with zero attached hydrogens (tertiary/aromatic N) is 2. The first-order valence-electron chi connectivity index (χ1n) is 5.99. The molecular formula is C14H8N2O4. The number of hydrogen-bond donors (Lipinski definition) is 0. The zero-order valence-corrected chi connectivity index (χ0v) is 10.2. The number of pyridine rings is 1. The van der Waals surface area contributed by atoms with Crippen molar-refractivity contribution in [2.75, 3.05) is 6.79 Å². The molecule has 0 N–H and O–H groups in total. The van der Waals surface area contributed by atoms with Gasteiger partial charge in [-0.05, 0) is 12.1 Å². The Labute approximate surface area is 113 Å². The molecule has 3 heterocycles. The van der Waals surface area contributed by atoms with E-state index in [4.69, 9.17) is 9.47 Å². The zero-order chi connectivity index (χ0) is 13.7. The Morgan fingerprint density at radius 2 is 2.00 bits per heavy atom. The molecule has 0 saturated heterocycles. The lowest BCUT2D eigenvalue weighted by atomic mass is 10.1. The number of hydrogen-bond acceptors (Lipinski definition) is 5. The first-order chi connectivity index (χ1) is 9.75. The molecule has 0 aliphatic carbocycles. The highest BCUT2D eigenvalue weighted by Crippen LogP contribution is 2.40. The summed E-state index contributed by atoms with van der Waals surface area (Å²) in [5, 5.41) is 12.3. The fraction of sp³-hybridized carbons (Fsp3) is 0.0714. The van der Waals surface area contributed by atoms with Crippen molar-refractivity contribution in [1.82, 2.24) is 4.98 Å². The summed E-state index contributed by atoms with van der Waals surface area (Å²) in [4.78, 5) is 16.5. The van der Waals surface area contributed by atoms with Crippen LogP contribution in [0.5, 0.6) is 11.5 Å². The van der Waals surface area contributed by atoms with E-state index in [1.54, 1.807) is 30.5 Å². The molecule has 0 radical (unpaired) electrons. The van der Waals surface area contributed by atoms with Crippen LogP contribution in [0.4, 0.5) is 5.69 Å². The summed E-state index contributed by atoms with van der Waals surface area (Å²) in [5.74, 6) is 0.597. The molecule has 0 bridgehead atoms. The highest BCUT2D eigenvalue weighted by atomic mass is 16.7. The van der Waals surface area contributed by atoms with E-state index in [0.717, 1.165) is 0 Å². The van der Waals surface area contributed by atoms with Gasteiger partial charge in [0, 0.05) is 12.3 Å². The van der Waals surface area contributed by atoms with Crippen molar-refractivity contribution < 1.29 is 19.0 Å². The molecule has 0 spiro atoms. The summed E-state index contributed by atoms with van der Waals surface area (Å²) < 4.78 is 11.1. The van der Waals surface area contributed by atoms with E-state index in [2.05, 4.69) is 4.98 Å². The second-order valence-electron chi connectivity index (χ2n) is 4.41. The van der Waals surface area contributed by atoms with Crippen LogP contribution in [-0.4, -0.2) is 28.0 Å². The largest absolute Gasteiger partial charge is 0.618 e. The van der Waals surface area contributed by atoms with Gasteiger partial charge >= 0.3 is 0 Å². The standard InChI is InChI=1S/C14H8N2O4/c17-14-8-5-11-12(20-7-19-11)6-10(8)16(18)13(14)9-3-1-2-4-15-9/h1-6H,7H2. The Hall–Kier alpha value is -2.89. The number of Topliss-reactive ketones (excluding diaryl/α,β-unsaturated/α-hetero) is 1. The topological polar surface area (TPSA) is 74.5 Å². The number of rotatable bonds is 1. The molecule has 1 aromatic carbocycles. The summed E-state index contributed by atoms with van der Waals surface area (Å²) in [7, 11) is 0. The molecule has 2 aliphatic heterocycles. The fourth-order valence-electron chi connectivity index (χ4n) is 2.34. The third-order valence-electron chi connectivity index (χ3n) is 3.28. The van der Waals surface area contributed by atoms with Gasteiger partial charge < -0.3 is 14.7 Å². The third kappa shape index (κ3) is 1.36. The molecule has 98 valence electrons. The van der Waals surface area contributed by atoms with Crippen LogP contribution in [0.3, 0.4) is 0 Å². The summed E-state index contributed by atoms with van der Waals surface area (Å²) in [6, 6.07) is 8.15. The molecule has 20 heavy (non-hydrogen) atoms. The summed E-state index contributed by atoms with van der Waals surface area (Å²) in [6.07, 6.45) is 1.54. The molecule has 0 unspecified atom stereocenters. The number of ether oxygens (including phenoxy) is 2. The number of benzene rings is 1. The van der Waals surface area contributed by atoms with Gasteiger partial charge in [0.2, 0.25) is 12.5 Å². The van der Waals surface area contributed by atoms with Gasteiger partial charge in [-0.1, -0.05) is 6.07 Å².